The van der Waals surface area contributed by atoms with Gasteiger partial charge in [0.05, 0.1) is 26.4 Å². The lowest BCUT2D eigenvalue weighted by molar-refractivity contribution is -0.115. The van der Waals surface area contributed by atoms with Crippen molar-refractivity contribution in [2.24, 2.45) is 0 Å². The Hall–Kier alpha value is -1.63. The van der Waals surface area contributed by atoms with Crippen LogP contribution in [0.5, 0.6) is 0 Å². The van der Waals surface area contributed by atoms with Crippen LogP contribution in [-0.4, -0.2) is 20.1 Å². The molecule has 0 aliphatic rings. The Labute approximate surface area is 143 Å². The molecule has 0 radical (unpaired) electrons. The Morgan fingerprint density at radius 3 is 2.43 bits per heavy atom. The molecule has 122 valence electrons. The number of halogens is 3. The van der Waals surface area contributed by atoms with Crippen LogP contribution in [0.1, 0.15) is 6.42 Å². The lowest BCUT2D eigenvalue weighted by Gasteiger charge is -2.07. The van der Waals surface area contributed by atoms with Crippen molar-refractivity contribution < 1.29 is 17.6 Å². The first-order valence-electron chi connectivity index (χ1n) is 6.52. The minimum absolute atomic E-state index is 0.00411. The lowest BCUT2D eigenvalue weighted by Crippen LogP contribution is -2.18. The quantitative estimate of drug-likeness (QED) is 0.860. The molecule has 4 nitrogen and oxygen atoms in total. The van der Waals surface area contributed by atoms with Crippen LogP contribution in [0.25, 0.3) is 0 Å². The number of carbonyl (C=O) groups is 1. The van der Waals surface area contributed by atoms with E-state index in [2.05, 4.69) is 5.32 Å². The van der Waals surface area contributed by atoms with Crippen molar-refractivity contribution in [3.8, 4) is 0 Å². The van der Waals surface area contributed by atoms with Crippen LogP contribution in [0.15, 0.2) is 47.4 Å². The largest absolute Gasteiger partial charge is 0.324 e. The highest BCUT2D eigenvalue weighted by atomic mass is 35.5. The summed E-state index contributed by atoms with van der Waals surface area (Å²) in [5.74, 6) is -1.61. The molecule has 0 saturated carbocycles. The highest BCUT2D eigenvalue weighted by Crippen LogP contribution is 2.25. The van der Waals surface area contributed by atoms with E-state index in [-0.39, 0.29) is 27.0 Å². The lowest BCUT2D eigenvalue weighted by atomic mass is 10.3. The van der Waals surface area contributed by atoms with Gasteiger partial charge in [-0.1, -0.05) is 35.3 Å². The summed E-state index contributed by atoms with van der Waals surface area (Å²) in [6.07, 6.45) is -0.309. The molecule has 0 fully saturated rings. The molecular formula is C15H12Cl2FNO3S. The summed E-state index contributed by atoms with van der Waals surface area (Å²) >= 11 is 11.5. The monoisotopic (exact) mass is 375 g/mol. The van der Waals surface area contributed by atoms with Crippen molar-refractivity contribution in [3.63, 3.8) is 0 Å². The third-order valence-corrected chi connectivity index (χ3v) is 5.45. The molecule has 2 rings (SSSR count). The fraction of sp³-hybridized carbons (Fsp3) is 0.133. The van der Waals surface area contributed by atoms with Gasteiger partial charge in [0, 0.05) is 6.42 Å². The first-order valence-corrected chi connectivity index (χ1v) is 8.92. The van der Waals surface area contributed by atoms with Gasteiger partial charge in [0.2, 0.25) is 5.91 Å². The molecule has 8 heteroatoms. The fourth-order valence-electron chi connectivity index (χ4n) is 1.79. The number of anilines is 1. The zero-order chi connectivity index (χ0) is 17.0. The van der Waals surface area contributed by atoms with E-state index in [0.717, 1.165) is 0 Å². The van der Waals surface area contributed by atoms with E-state index in [1.54, 1.807) is 6.07 Å². The second kappa shape index (κ2) is 7.29. The van der Waals surface area contributed by atoms with Crippen LogP contribution in [0.2, 0.25) is 10.0 Å². The predicted octanol–water partition coefficient (Wildman–Crippen LogP) is 3.94. The van der Waals surface area contributed by atoms with Crippen LogP contribution in [0, 0.1) is 5.82 Å². The van der Waals surface area contributed by atoms with Gasteiger partial charge in [-0.3, -0.25) is 4.79 Å². The summed E-state index contributed by atoms with van der Waals surface area (Å²) in [4.78, 5) is 11.8. The van der Waals surface area contributed by atoms with Crippen molar-refractivity contribution in [2.45, 2.75) is 11.3 Å². The van der Waals surface area contributed by atoms with Crippen molar-refractivity contribution in [1.29, 1.82) is 0 Å². The van der Waals surface area contributed by atoms with Gasteiger partial charge in [0.15, 0.2) is 9.84 Å². The van der Waals surface area contributed by atoms with E-state index in [4.69, 9.17) is 23.2 Å². The molecule has 0 heterocycles. The number of nitrogens with one attached hydrogen (secondary N) is 1. The summed E-state index contributed by atoms with van der Waals surface area (Å²) in [6, 6.07) is 9.55. The Bertz CT molecular complexity index is 840. The van der Waals surface area contributed by atoms with Gasteiger partial charge in [0.25, 0.3) is 0 Å². The van der Waals surface area contributed by atoms with Crippen LogP contribution >= 0.6 is 23.2 Å². The smallest absolute Gasteiger partial charge is 0.225 e. The van der Waals surface area contributed by atoms with Crippen molar-refractivity contribution in [1.82, 2.24) is 0 Å². The summed E-state index contributed by atoms with van der Waals surface area (Å²) in [7, 11) is -3.69. The van der Waals surface area contributed by atoms with Gasteiger partial charge in [-0.25, -0.2) is 12.8 Å². The molecule has 0 bridgehead atoms. The molecule has 2 aromatic rings. The zero-order valence-electron chi connectivity index (χ0n) is 11.7. The number of hydrogen-bond donors (Lipinski definition) is 1. The maximum atomic E-state index is 13.4. The number of amides is 1. The summed E-state index contributed by atoms with van der Waals surface area (Å²) in [5, 5.41) is 2.68. The van der Waals surface area contributed by atoms with Gasteiger partial charge in [0.1, 0.15) is 5.82 Å². The Morgan fingerprint density at radius 1 is 1.09 bits per heavy atom. The number of benzene rings is 2. The number of rotatable bonds is 5. The molecule has 1 amide bonds. The van der Waals surface area contributed by atoms with Crippen LogP contribution in [0.3, 0.4) is 0 Å². The highest BCUT2D eigenvalue weighted by Gasteiger charge is 2.18. The maximum absolute atomic E-state index is 13.4. The molecule has 2 aromatic carbocycles. The van der Waals surface area contributed by atoms with Crippen molar-refractivity contribution in [3.05, 3.63) is 58.3 Å². The van der Waals surface area contributed by atoms with Gasteiger partial charge < -0.3 is 5.32 Å². The first kappa shape index (κ1) is 17.7. The van der Waals surface area contributed by atoms with Gasteiger partial charge in [-0.2, -0.15) is 0 Å². The molecule has 0 saturated heterocycles. The molecule has 0 spiro atoms. The average Bonchev–Trinajstić information content (AvgIpc) is 2.50. The Kier molecular flexibility index (Phi) is 5.62. The van der Waals surface area contributed by atoms with Crippen LogP contribution in [-0.2, 0) is 14.6 Å². The Balaban J connectivity index is 2.03. The van der Waals surface area contributed by atoms with E-state index in [1.165, 1.54) is 36.4 Å². The summed E-state index contributed by atoms with van der Waals surface area (Å²) in [6.45, 7) is 0. The van der Waals surface area contributed by atoms with Gasteiger partial charge in [-0.05, 0) is 30.3 Å². The second-order valence-corrected chi connectivity index (χ2v) is 7.60. The fourth-order valence-corrected chi connectivity index (χ4v) is 3.42. The standard InChI is InChI=1S/C15H12Cl2FNO3S/c16-11-6-5-10(9-12(11)17)23(21,22)8-7-15(20)19-14-4-2-1-3-13(14)18/h1-6,9H,7-8H2,(H,19,20). The Morgan fingerprint density at radius 2 is 1.78 bits per heavy atom. The van der Waals surface area contributed by atoms with Crippen LogP contribution < -0.4 is 5.32 Å². The van der Waals surface area contributed by atoms with E-state index in [9.17, 15) is 17.6 Å². The first-order chi connectivity index (χ1) is 10.8. The molecule has 1 N–H and O–H groups in total. The zero-order valence-corrected chi connectivity index (χ0v) is 14.1. The molecule has 0 aromatic heterocycles. The average molecular weight is 376 g/mol. The van der Waals surface area contributed by atoms with Crippen molar-refractivity contribution >= 4 is 44.6 Å². The molecular weight excluding hydrogens is 364 g/mol. The van der Waals surface area contributed by atoms with Gasteiger partial charge in [-0.15, -0.1) is 0 Å². The molecule has 0 unspecified atom stereocenters. The van der Waals surface area contributed by atoms with Crippen LogP contribution in [0.4, 0.5) is 10.1 Å². The number of para-hydroxylation sites is 1. The van der Waals surface area contributed by atoms with Gasteiger partial charge >= 0.3 is 0 Å². The van der Waals surface area contributed by atoms with E-state index < -0.39 is 27.3 Å². The SMILES string of the molecule is O=C(CCS(=O)(=O)c1ccc(Cl)c(Cl)c1)Nc1ccccc1F. The number of carbonyl (C=O) groups excluding carboxylic acids is 1. The highest BCUT2D eigenvalue weighted by molar-refractivity contribution is 7.91. The molecule has 23 heavy (non-hydrogen) atoms. The third-order valence-electron chi connectivity index (χ3n) is 3.00. The summed E-state index contributed by atoms with van der Waals surface area (Å²) in [5.41, 5.74) is 0.00411. The molecule has 0 atom stereocenters. The van der Waals surface area contributed by atoms with E-state index in [0.29, 0.717) is 0 Å². The van der Waals surface area contributed by atoms with E-state index in [1.807, 2.05) is 0 Å². The second-order valence-electron chi connectivity index (χ2n) is 4.67. The van der Waals surface area contributed by atoms with E-state index >= 15 is 0 Å². The number of sulfone groups is 1. The topological polar surface area (TPSA) is 63.2 Å². The predicted molar refractivity (Wildman–Crippen MR) is 88.2 cm³/mol. The van der Waals surface area contributed by atoms with Crippen molar-refractivity contribution in [2.75, 3.05) is 11.1 Å². The molecule has 0 aliphatic carbocycles. The summed E-state index contributed by atoms with van der Waals surface area (Å²) < 4.78 is 37.7. The third kappa shape index (κ3) is 4.67. The maximum Gasteiger partial charge on any atom is 0.225 e. The molecule has 0 aliphatic heterocycles. The minimum Gasteiger partial charge on any atom is -0.324 e. The number of hydrogen-bond acceptors (Lipinski definition) is 3. The normalized spacial score (nSPS) is 11.3. The minimum atomic E-state index is -3.69.